The van der Waals surface area contributed by atoms with Gasteiger partial charge in [-0.1, -0.05) is 31.4 Å². The first kappa shape index (κ1) is 14.7. The summed E-state index contributed by atoms with van der Waals surface area (Å²) in [5, 5.41) is 12.1. The molecule has 0 atom stereocenters. The van der Waals surface area contributed by atoms with Crippen molar-refractivity contribution in [2.24, 2.45) is 5.41 Å². The highest BCUT2D eigenvalue weighted by Crippen LogP contribution is 2.39. The third kappa shape index (κ3) is 4.17. The van der Waals surface area contributed by atoms with Gasteiger partial charge >= 0.3 is 5.97 Å². The van der Waals surface area contributed by atoms with Crippen LogP contribution in [0.2, 0.25) is 0 Å². The predicted molar refractivity (Wildman–Crippen MR) is 70.2 cm³/mol. The smallest absolute Gasteiger partial charge is 0.310 e. The molecule has 0 aromatic heterocycles. The van der Waals surface area contributed by atoms with Gasteiger partial charge in [0.2, 0.25) is 5.91 Å². The third-order valence-electron chi connectivity index (χ3n) is 3.63. The van der Waals surface area contributed by atoms with Crippen molar-refractivity contribution >= 4 is 11.9 Å². The lowest BCUT2D eigenvalue weighted by Crippen LogP contribution is -2.39. The average molecular weight is 253 g/mol. The van der Waals surface area contributed by atoms with E-state index in [2.05, 4.69) is 5.32 Å². The third-order valence-corrected chi connectivity index (χ3v) is 3.63. The van der Waals surface area contributed by atoms with Gasteiger partial charge in [-0.25, -0.2) is 0 Å². The maximum Gasteiger partial charge on any atom is 0.310 e. The lowest BCUT2D eigenvalue weighted by molar-refractivity contribution is -0.154. The number of carbonyl (C=O) groups excluding carboxylic acids is 1. The molecule has 1 aliphatic carbocycles. The van der Waals surface area contributed by atoms with Gasteiger partial charge in [-0.3, -0.25) is 9.59 Å². The summed E-state index contributed by atoms with van der Waals surface area (Å²) < 4.78 is 0. The molecule has 0 aliphatic heterocycles. The Morgan fingerprint density at radius 1 is 1.28 bits per heavy atom. The van der Waals surface area contributed by atoms with Crippen molar-refractivity contribution in [3.63, 3.8) is 0 Å². The minimum absolute atomic E-state index is 0.123. The fraction of sp³-hybridized carbons (Fsp3) is 0.714. The minimum Gasteiger partial charge on any atom is -0.481 e. The van der Waals surface area contributed by atoms with Crippen LogP contribution in [-0.2, 0) is 9.59 Å². The maximum absolute atomic E-state index is 11.8. The van der Waals surface area contributed by atoms with Crippen LogP contribution < -0.4 is 5.32 Å². The van der Waals surface area contributed by atoms with Gasteiger partial charge in [-0.05, 0) is 26.2 Å². The van der Waals surface area contributed by atoms with Crippen molar-refractivity contribution in [2.45, 2.75) is 51.9 Å². The Balaban J connectivity index is 2.45. The Hall–Kier alpha value is -1.32. The van der Waals surface area contributed by atoms with Gasteiger partial charge < -0.3 is 10.4 Å². The number of carboxylic acids is 1. The lowest BCUT2D eigenvalue weighted by atomic mass is 9.71. The highest BCUT2D eigenvalue weighted by atomic mass is 16.4. The molecule has 102 valence electrons. The van der Waals surface area contributed by atoms with Crippen LogP contribution >= 0.6 is 0 Å². The molecular formula is C14H23NO3. The molecule has 0 aromatic carbocycles. The van der Waals surface area contributed by atoms with E-state index in [4.69, 9.17) is 0 Å². The molecule has 1 fully saturated rings. The molecule has 0 saturated heterocycles. The Morgan fingerprint density at radius 3 is 2.50 bits per heavy atom. The fourth-order valence-electron chi connectivity index (χ4n) is 2.53. The summed E-state index contributed by atoms with van der Waals surface area (Å²) in [5.74, 6) is -0.949. The van der Waals surface area contributed by atoms with Crippen LogP contribution in [0.1, 0.15) is 51.9 Å². The Bertz CT molecular complexity index is 317. The van der Waals surface area contributed by atoms with Crippen molar-refractivity contribution in [3.05, 3.63) is 12.2 Å². The Labute approximate surface area is 108 Å². The molecule has 4 nitrogen and oxygen atoms in total. The van der Waals surface area contributed by atoms with Gasteiger partial charge in [0.15, 0.2) is 0 Å². The molecule has 1 amide bonds. The number of rotatable bonds is 6. The van der Waals surface area contributed by atoms with E-state index in [1.54, 1.807) is 0 Å². The maximum atomic E-state index is 11.8. The van der Waals surface area contributed by atoms with Crippen LogP contribution in [0.5, 0.6) is 0 Å². The predicted octanol–water partition coefficient (Wildman–Crippen LogP) is 2.49. The summed E-state index contributed by atoms with van der Waals surface area (Å²) in [6.07, 6.45) is 9.00. The van der Waals surface area contributed by atoms with E-state index < -0.39 is 11.4 Å². The number of hydrogen-bond donors (Lipinski definition) is 2. The molecule has 4 heteroatoms. The number of amides is 1. The van der Waals surface area contributed by atoms with E-state index in [1.165, 1.54) is 0 Å². The first-order chi connectivity index (χ1) is 8.60. The molecule has 0 aromatic rings. The number of allylic oxidation sites excluding steroid dienone is 1. The van der Waals surface area contributed by atoms with Crippen LogP contribution in [0.25, 0.3) is 0 Å². The molecular weight excluding hydrogens is 230 g/mol. The van der Waals surface area contributed by atoms with Crippen molar-refractivity contribution in [2.75, 3.05) is 6.54 Å². The normalized spacial score (nSPS) is 18.7. The molecule has 0 unspecified atom stereocenters. The second-order valence-electron chi connectivity index (χ2n) is 5.03. The zero-order valence-corrected chi connectivity index (χ0v) is 11.1. The van der Waals surface area contributed by atoms with Crippen molar-refractivity contribution in [1.29, 1.82) is 0 Å². The number of carboxylic acid groups (broad SMARTS) is 1. The van der Waals surface area contributed by atoms with Crippen LogP contribution in [0.3, 0.4) is 0 Å². The molecule has 0 bridgehead atoms. The molecule has 1 aliphatic rings. The molecule has 0 heterocycles. The topological polar surface area (TPSA) is 66.4 Å². The average Bonchev–Trinajstić information content (AvgIpc) is 2.35. The van der Waals surface area contributed by atoms with E-state index in [-0.39, 0.29) is 12.3 Å². The summed E-state index contributed by atoms with van der Waals surface area (Å²) in [4.78, 5) is 23.2. The summed E-state index contributed by atoms with van der Waals surface area (Å²) in [6, 6.07) is 0. The van der Waals surface area contributed by atoms with Gasteiger partial charge in [0.25, 0.3) is 0 Å². The van der Waals surface area contributed by atoms with Crippen molar-refractivity contribution in [3.8, 4) is 0 Å². The lowest BCUT2D eigenvalue weighted by Gasteiger charge is -2.32. The second kappa shape index (κ2) is 7.19. The fourth-order valence-corrected chi connectivity index (χ4v) is 2.53. The SMILES string of the molecule is C/C=C/CCNC(=O)CC1(C(=O)O)CCCCC1. The van der Waals surface area contributed by atoms with Crippen LogP contribution in [0.4, 0.5) is 0 Å². The van der Waals surface area contributed by atoms with Gasteiger partial charge in [-0.2, -0.15) is 0 Å². The van der Waals surface area contributed by atoms with Gasteiger partial charge in [0.1, 0.15) is 0 Å². The Morgan fingerprint density at radius 2 is 1.94 bits per heavy atom. The molecule has 1 saturated carbocycles. The highest BCUT2D eigenvalue weighted by Gasteiger charge is 2.41. The van der Waals surface area contributed by atoms with E-state index in [9.17, 15) is 14.7 Å². The molecule has 0 spiro atoms. The van der Waals surface area contributed by atoms with Crippen LogP contribution in [-0.4, -0.2) is 23.5 Å². The van der Waals surface area contributed by atoms with E-state index in [1.807, 2.05) is 19.1 Å². The van der Waals surface area contributed by atoms with E-state index in [0.29, 0.717) is 19.4 Å². The van der Waals surface area contributed by atoms with Crippen molar-refractivity contribution in [1.82, 2.24) is 5.32 Å². The standard InChI is InChI=1S/C14H23NO3/c1-2-3-7-10-15-12(16)11-14(13(17)18)8-5-4-6-9-14/h2-3H,4-11H2,1H3,(H,15,16)(H,17,18)/b3-2+. The first-order valence-corrected chi connectivity index (χ1v) is 6.72. The van der Waals surface area contributed by atoms with E-state index >= 15 is 0 Å². The molecule has 18 heavy (non-hydrogen) atoms. The number of carbonyl (C=O) groups is 2. The number of nitrogens with one attached hydrogen (secondary N) is 1. The molecule has 2 N–H and O–H groups in total. The monoisotopic (exact) mass is 253 g/mol. The summed E-state index contributed by atoms with van der Waals surface area (Å²) in [7, 11) is 0. The highest BCUT2D eigenvalue weighted by molar-refractivity contribution is 5.85. The quantitative estimate of drug-likeness (QED) is 0.564. The van der Waals surface area contributed by atoms with E-state index in [0.717, 1.165) is 25.7 Å². The summed E-state index contributed by atoms with van der Waals surface area (Å²) in [6.45, 7) is 2.52. The minimum atomic E-state index is -0.817. The number of aliphatic carboxylic acids is 1. The summed E-state index contributed by atoms with van der Waals surface area (Å²) in [5.41, 5.74) is -0.817. The van der Waals surface area contributed by atoms with Crippen LogP contribution in [0, 0.1) is 5.41 Å². The first-order valence-electron chi connectivity index (χ1n) is 6.72. The van der Waals surface area contributed by atoms with Crippen molar-refractivity contribution < 1.29 is 14.7 Å². The zero-order chi connectivity index (χ0) is 13.4. The zero-order valence-electron chi connectivity index (χ0n) is 11.1. The number of hydrogen-bond acceptors (Lipinski definition) is 2. The molecule has 1 rings (SSSR count). The van der Waals surface area contributed by atoms with Gasteiger partial charge in [0, 0.05) is 13.0 Å². The summed E-state index contributed by atoms with van der Waals surface area (Å²) >= 11 is 0. The van der Waals surface area contributed by atoms with Crippen LogP contribution in [0.15, 0.2) is 12.2 Å². The van der Waals surface area contributed by atoms with Gasteiger partial charge in [0.05, 0.1) is 5.41 Å². The second-order valence-corrected chi connectivity index (χ2v) is 5.03. The Kier molecular flexibility index (Phi) is 5.89. The largest absolute Gasteiger partial charge is 0.481 e. The molecule has 0 radical (unpaired) electrons. The van der Waals surface area contributed by atoms with Gasteiger partial charge in [-0.15, -0.1) is 0 Å².